The molecular formula is C13H17ClN4O2. The Morgan fingerprint density at radius 1 is 1.55 bits per heavy atom. The van der Waals surface area contributed by atoms with E-state index < -0.39 is 0 Å². The number of piperidine rings is 1. The fraction of sp³-hybridized carbons (Fsp3) is 0.462. The van der Waals surface area contributed by atoms with Gasteiger partial charge in [-0.3, -0.25) is 14.5 Å². The fourth-order valence-corrected chi connectivity index (χ4v) is 2.47. The highest BCUT2D eigenvalue weighted by atomic mass is 35.5. The number of primary amides is 1. The zero-order valence-corrected chi connectivity index (χ0v) is 11.8. The number of halogens is 1. The van der Waals surface area contributed by atoms with Gasteiger partial charge in [0, 0.05) is 12.7 Å². The van der Waals surface area contributed by atoms with Gasteiger partial charge in [-0.15, -0.1) is 0 Å². The van der Waals surface area contributed by atoms with Crippen molar-refractivity contribution in [2.24, 2.45) is 11.7 Å². The molecule has 0 radical (unpaired) electrons. The summed E-state index contributed by atoms with van der Waals surface area (Å²) in [5.74, 6) is -0.644. The third-order valence-electron chi connectivity index (χ3n) is 3.31. The van der Waals surface area contributed by atoms with Crippen molar-refractivity contribution >= 4 is 29.1 Å². The lowest BCUT2D eigenvalue weighted by molar-refractivity contribution is -0.125. The van der Waals surface area contributed by atoms with Crippen LogP contribution < -0.4 is 11.1 Å². The molecule has 3 N–H and O–H groups in total. The number of nitrogens with zero attached hydrogens (tertiary/aromatic N) is 2. The van der Waals surface area contributed by atoms with Crippen LogP contribution in [0, 0.1) is 5.92 Å². The number of nitrogens with two attached hydrogens (primary N) is 1. The molecule has 2 amide bonds. The van der Waals surface area contributed by atoms with E-state index in [9.17, 15) is 9.59 Å². The molecule has 1 aliphatic heterocycles. The van der Waals surface area contributed by atoms with Gasteiger partial charge in [-0.25, -0.2) is 4.98 Å². The maximum atomic E-state index is 12.0. The number of hydrogen-bond donors (Lipinski definition) is 2. The van der Waals surface area contributed by atoms with Gasteiger partial charge in [0.05, 0.1) is 18.2 Å². The first-order valence-corrected chi connectivity index (χ1v) is 6.86. The first kappa shape index (κ1) is 14.7. The Morgan fingerprint density at radius 3 is 3.05 bits per heavy atom. The minimum absolute atomic E-state index is 0.168. The standard InChI is InChI=1S/C13H17ClN4O2/c14-12-10(4-1-5-16-12)17-11(19)8-18-6-2-3-9(7-18)13(15)20/h1,4-5,9H,2-3,6-8H2,(H2,15,20)(H,17,19)/t9-/m0/s1. The molecule has 108 valence electrons. The number of nitrogens with one attached hydrogen (secondary N) is 1. The van der Waals surface area contributed by atoms with E-state index in [1.807, 2.05) is 4.90 Å². The number of anilines is 1. The van der Waals surface area contributed by atoms with Crippen molar-refractivity contribution in [1.29, 1.82) is 0 Å². The normalized spacial score (nSPS) is 19.6. The number of likely N-dealkylation sites (tertiary alicyclic amines) is 1. The molecule has 0 aromatic carbocycles. The molecule has 1 aromatic heterocycles. The average Bonchev–Trinajstić information content (AvgIpc) is 2.41. The zero-order chi connectivity index (χ0) is 14.5. The summed E-state index contributed by atoms with van der Waals surface area (Å²) < 4.78 is 0. The molecule has 0 saturated carbocycles. The molecule has 1 aromatic rings. The molecule has 0 unspecified atom stereocenters. The largest absolute Gasteiger partial charge is 0.369 e. The van der Waals surface area contributed by atoms with Gasteiger partial charge in [-0.05, 0) is 31.5 Å². The van der Waals surface area contributed by atoms with Gasteiger partial charge in [-0.1, -0.05) is 11.6 Å². The molecule has 0 bridgehead atoms. The summed E-state index contributed by atoms with van der Waals surface area (Å²) in [5, 5.41) is 2.97. The number of rotatable bonds is 4. The lowest BCUT2D eigenvalue weighted by Crippen LogP contribution is -2.44. The Bertz CT molecular complexity index is 509. The minimum Gasteiger partial charge on any atom is -0.369 e. The number of carbonyl (C=O) groups excluding carboxylic acids is 2. The first-order chi connectivity index (χ1) is 9.56. The Kier molecular flexibility index (Phi) is 4.92. The second-order valence-corrected chi connectivity index (χ2v) is 5.22. The van der Waals surface area contributed by atoms with Crippen LogP contribution in [-0.2, 0) is 9.59 Å². The van der Waals surface area contributed by atoms with Gasteiger partial charge in [0.25, 0.3) is 0 Å². The van der Waals surface area contributed by atoms with Crippen LogP contribution in [0.25, 0.3) is 0 Å². The van der Waals surface area contributed by atoms with Gasteiger partial charge in [0.15, 0.2) is 5.15 Å². The summed E-state index contributed by atoms with van der Waals surface area (Å²) >= 11 is 5.88. The number of hydrogen-bond acceptors (Lipinski definition) is 4. The SMILES string of the molecule is NC(=O)[C@H]1CCCN(CC(=O)Nc2cccnc2Cl)C1. The van der Waals surface area contributed by atoms with Gasteiger partial charge in [0.2, 0.25) is 11.8 Å². The van der Waals surface area contributed by atoms with Crippen LogP contribution in [0.5, 0.6) is 0 Å². The number of amides is 2. The smallest absolute Gasteiger partial charge is 0.238 e. The van der Waals surface area contributed by atoms with Gasteiger partial charge >= 0.3 is 0 Å². The first-order valence-electron chi connectivity index (χ1n) is 6.48. The Labute approximate surface area is 122 Å². The van der Waals surface area contributed by atoms with Crippen LogP contribution in [0.1, 0.15) is 12.8 Å². The molecule has 2 rings (SSSR count). The minimum atomic E-state index is -0.301. The summed E-state index contributed by atoms with van der Waals surface area (Å²) in [4.78, 5) is 29.0. The second-order valence-electron chi connectivity index (χ2n) is 4.87. The Morgan fingerprint density at radius 2 is 2.35 bits per heavy atom. The summed E-state index contributed by atoms with van der Waals surface area (Å²) in [7, 11) is 0. The van der Waals surface area contributed by atoms with Crippen molar-refractivity contribution in [1.82, 2.24) is 9.88 Å². The number of carbonyl (C=O) groups is 2. The molecule has 0 spiro atoms. The molecule has 2 heterocycles. The van der Waals surface area contributed by atoms with E-state index in [1.165, 1.54) is 0 Å². The van der Waals surface area contributed by atoms with Crippen molar-refractivity contribution in [2.45, 2.75) is 12.8 Å². The van der Waals surface area contributed by atoms with E-state index in [4.69, 9.17) is 17.3 Å². The van der Waals surface area contributed by atoms with Crippen molar-refractivity contribution in [3.05, 3.63) is 23.5 Å². The third-order valence-corrected chi connectivity index (χ3v) is 3.61. The molecule has 1 aliphatic rings. The molecule has 1 atom stereocenters. The van der Waals surface area contributed by atoms with Gasteiger partial charge < -0.3 is 11.1 Å². The lowest BCUT2D eigenvalue weighted by atomic mass is 9.97. The number of aromatic nitrogens is 1. The van der Waals surface area contributed by atoms with E-state index >= 15 is 0 Å². The van der Waals surface area contributed by atoms with E-state index in [0.29, 0.717) is 12.2 Å². The Hall–Kier alpha value is -1.66. The maximum Gasteiger partial charge on any atom is 0.238 e. The van der Waals surface area contributed by atoms with Crippen LogP contribution in [-0.4, -0.2) is 41.3 Å². The molecule has 1 saturated heterocycles. The topological polar surface area (TPSA) is 88.3 Å². The Balaban J connectivity index is 1.88. The summed E-state index contributed by atoms with van der Waals surface area (Å²) in [5.41, 5.74) is 5.80. The maximum absolute atomic E-state index is 12.0. The van der Waals surface area contributed by atoms with Crippen LogP contribution in [0.2, 0.25) is 5.15 Å². The highest BCUT2D eigenvalue weighted by molar-refractivity contribution is 6.32. The molecule has 20 heavy (non-hydrogen) atoms. The monoisotopic (exact) mass is 296 g/mol. The average molecular weight is 297 g/mol. The second kappa shape index (κ2) is 6.67. The molecule has 7 heteroatoms. The molecule has 0 aliphatic carbocycles. The van der Waals surface area contributed by atoms with Crippen molar-refractivity contribution in [3.63, 3.8) is 0 Å². The molecule has 6 nitrogen and oxygen atoms in total. The molecule has 1 fully saturated rings. The summed E-state index contributed by atoms with van der Waals surface area (Å²) in [6.45, 7) is 1.54. The zero-order valence-electron chi connectivity index (χ0n) is 11.0. The third kappa shape index (κ3) is 3.91. The van der Waals surface area contributed by atoms with Gasteiger partial charge in [0.1, 0.15) is 0 Å². The predicted molar refractivity (Wildman–Crippen MR) is 76.2 cm³/mol. The summed E-state index contributed by atoms with van der Waals surface area (Å²) in [6, 6.07) is 3.39. The number of pyridine rings is 1. The van der Waals surface area contributed by atoms with E-state index in [0.717, 1.165) is 19.4 Å². The highest BCUT2D eigenvalue weighted by Crippen LogP contribution is 2.18. The predicted octanol–water partition coefficient (Wildman–Crippen LogP) is 0.871. The van der Waals surface area contributed by atoms with Crippen LogP contribution >= 0.6 is 11.6 Å². The van der Waals surface area contributed by atoms with E-state index in [1.54, 1.807) is 18.3 Å². The van der Waals surface area contributed by atoms with Crippen molar-refractivity contribution < 1.29 is 9.59 Å². The van der Waals surface area contributed by atoms with Crippen molar-refractivity contribution in [3.8, 4) is 0 Å². The van der Waals surface area contributed by atoms with E-state index in [-0.39, 0.29) is 29.4 Å². The van der Waals surface area contributed by atoms with Crippen LogP contribution in [0.4, 0.5) is 5.69 Å². The fourth-order valence-electron chi connectivity index (χ4n) is 2.30. The quantitative estimate of drug-likeness (QED) is 0.807. The van der Waals surface area contributed by atoms with Crippen LogP contribution in [0.15, 0.2) is 18.3 Å². The van der Waals surface area contributed by atoms with Crippen molar-refractivity contribution in [2.75, 3.05) is 25.0 Å². The van der Waals surface area contributed by atoms with Crippen LogP contribution in [0.3, 0.4) is 0 Å². The lowest BCUT2D eigenvalue weighted by Gasteiger charge is -2.30. The van der Waals surface area contributed by atoms with E-state index in [2.05, 4.69) is 10.3 Å². The highest BCUT2D eigenvalue weighted by Gasteiger charge is 2.25. The van der Waals surface area contributed by atoms with Gasteiger partial charge in [-0.2, -0.15) is 0 Å². The summed E-state index contributed by atoms with van der Waals surface area (Å²) in [6.07, 6.45) is 3.22. The molecular weight excluding hydrogens is 280 g/mol.